The van der Waals surface area contributed by atoms with Gasteiger partial charge in [0, 0.05) is 19.1 Å². The van der Waals surface area contributed by atoms with Crippen molar-refractivity contribution in [3.8, 4) is 0 Å². The predicted molar refractivity (Wildman–Crippen MR) is 82.3 cm³/mol. The first-order valence-electron chi connectivity index (χ1n) is 7.65. The molecule has 1 aliphatic heterocycles. The van der Waals surface area contributed by atoms with Crippen LogP contribution in [0.1, 0.15) is 37.3 Å². The van der Waals surface area contributed by atoms with Crippen molar-refractivity contribution < 1.29 is 0 Å². The van der Waals surface area contributed by atoms with Gasteiger partial charge >= 0.3 is 0 Å². The zero-order valence-corrected chi connectivity index (χ0v) is 12.7. The van der Waals surface area contributed by atoms with E-state index in [0.29, 0.717) is 6.04 Å². The van der Waals surface area contributed by atoms with Crippen LogP contribution in [0.3, 0.4) is 0 Å². The smallest absolute Gasteiger partial charge is 0.0231 e. The van der Waals surface area contributed by atoms with Crippen molar-refractivity contribution in [1.29, 1.82) is 0 Å². The summed E-state index contributed by atoms with van der Waals surface area (Å²) in [6.45, 7) is 7.87. The minimum Gasteiger partial charge on any atom is -0.313 e. The Morgan fingerprint density at radius 3 is 2.68 bits per heavy atom. The Kier molecular flexibility index (Phi) is 5.41. The molecule has 0 saturated carbocycles. The molecule has 1 aromatic rings. The highest BCUT2D eigenvalue weighted by molar-refractivity contribution is 5.21. The predicted octanol–water partition coefficient (Wildman–Crippen LogP) is 3.21. The highest BCUT2D eigenvalue weighted by Crippen LogP contribution is 2.20. The Balaban J connectivity index is 1.80. The van der Waals surface area contributed by atoms with Gasteiger partial charge in [-0.15, -0.1) is 0 Å². The molecule has 1 aliphatic rings. The summed E-state index contributed by atoms with van der Waals surface area (Å²) >= 11 is 0. The Morgan fingerprint density at radius 2 is 2.00 bits per heavy atom. The molecular weight excluding hydrogens is 232 g/mol. The number of piperidine rings is 1. The fourth-order valence-electron chi connectivity index (χ4n) is 3.05. The number of benzene rings is 1. The minimum absolute atomic E-state index is 0.675. The molecule has 106 valence electrons. The highest BCUT2D eigenvalue weighted by Gasteiger charge is 2.21. The van der Waals surface area contributed by atoms with Crippen LogP contribution in [-0.2, 0) is 6.54 Å². The molecule has 2 atom stereocenters. The van der Waals surface area contributed by atoms with Crippen LogP contribution in [0.2, 0.25) is 0 Å². The third-order valence-electron chi connectivity index (χ3n) is 4.29. The van der Waals surface area contributed by atoms with E-state index < -0.39 is 0 Å². The standard InChI is InChI=1S/C17H28N2/c1-4-15-9-10-18-17(11-15)13-19(3)12-16-7-5-14(2)6-8-16/h5-8,15,17-18H,4,9-13H2,1-3H3. The third kappa shape index (κ3) is 4.63. The maximum absolute atomic E-state index is 3.67. The van der Waals surface area contributed by atoms with Crippen molar-refractivity contribution >= 4 is 0 Å². The van der Waals surface area contributed by atoms with E-state index in [0.717, 1.165) is 19.0 Å². The SMILES string of the molecule is CCC1CCNC(CN(C)Cc2ccc(C)cc2)C1. The molecule has 0 amide bonds. The highest BCUT2D eigenvalue weighted by atomic mass is 15.1. The summed E-state index contributed by atoms with van der Waals surface area (Å²) in [5.41, 5.74) is 2.75. The molecule has 0 aromatic heterocycles. The maximum Gasteiger partial charge on any atom is 0.0231 e. The Hall–Kier alpha value is -0.860. The fraction of sp³-hybridized carbons (Fsp3) is 0.647. The lowest BCUT2D eigenvalue weighted by Crippen LogP contribution is -2.44. The minimum atomic E-state index is 0.675. The van der Waals surface area contributed by atoms with E-state index in [1.807, 2.05) is 0 Å². The molecule has 0 radical (unpaired) electrons. The van der Waals surface area contributed by atoms with Gasteiger partial charge in [0.15, 0.2) is 0 Å². The van der Waals surface area contributed by atoms with E-state index in [1.165, 1.54) is 36.9 Å². The van der Waals surface area contributed by atoms with Crippen LogP contribution in [0.4, 0.5) is 0 Å². The fourth-order valence-corrected chi connectivity index (χ4v) is 3.05. The molecule has 2 nitrogen and oxygen atoms in total. The van der Waals surface area contributed by atoms with Gasteiger partial charge in [-0.1, -0.05) is 43.2 Å². The molecule has 19 heavy (non-hydrogen) atoms. The summed E-state index contributed by atoms with van der Waals surface area (Å²) < 4.78 is 0. The first-order valence-corrected chi connectivity index (χ1v) is 7.65. The van der Waals surface area contributed by atoms with Gasteiger partial charge in [-0.2, -0.15) is 0 Å². The lowest BCUT2D eigenvalue weighted by Gasteiger charge is -2.32. The molecule has 1 fully saturated rings. The van der Waals surface area contributed by atoms with Crippen molar-refractivity contribution in [3.63, 3.8) is 0 Å². The van der Waals surface area contributed by atoms with Crippen LogP contribution < -0.4 is 5.32 Å². The number of likely N-dealkylation sites (N-methyl/N-ethyl adjacent to an activating group) is 1. The van der Waals surface area contributed by atoms with Gasteiger partial charge in [-0.3, -0.25) is 0 Å². The van der Waals surface area contributed by atoms with Crippen LogP contribution in [0.5, 0.6) is 0 Å². The second kappa shape index (κ2) is 7.06. The largest absolute Gasteiger partial charge is 0.313 e. The number of aryl methyl sites for hydroxylation is 1. The van der Waals surface area contributed by atoms with Crippen molar-refractivity contribution in [3.05, 3.63) is 35.4 Å². The van der Waals surface area contributed by atoms with Crippen LogP contribution in [0.15, 0.2) is 24.3 Å². The van der Waals surface area contributed by atoms with Gasteiger partial charge in [0.1, 0.15) is 0 Å². The molecule has 1 aromatic carbocycles. The summed E-state index contributed by atoms with van der Waals surface area (Å²) in [5, 5.41) is 3.67. The monoisotopic (exact) mass is 260 g/mol. The van der Waals surface area contributed by atoms with Crippen LogP contribution in [-0.4, -0.2) is 31.1 Å². The molecule has 1 saturated heterocycles. The molecule has 1 heterocycles. The molecule has 0 spiro atoms. The summed E-state index contributed by atoms with van der Waals surface area (Å²) in [6, 6.07) is 9.57. The van der Waals surface area contributed by atoms with Gasteiger partial charge < -0.3 is 10.2 Å². The molecule has 0 aliphatic carbocycles. The average Bonchev–Trinajstić information content (AvgIpc) is 2.41. The molecule has 0 bridgehead atoms. The third-order valence-corrected chi connectivity index (χ3v) is 4.29. The molecule has 2 heteroatoms. The summed E-state index contributed by atoms with van der Waals surface area (Å²) in [7, 11) is 2.23. The van der Waals surface area contributed by atoms with Crippen LogP contribution in [0.25, 0.3) is 0 Å². The number of nitrogens with one attached hydrogen (secondary N) is 1. The Labute approximate surface area is 118 Å². The quantitative estimate of drug-likeness (QED) is 0.874. The summed E-state index contributed by atoms with van der Waals surface area (Å²) in [4.78, 5) is 2.44. The van der Waals surface area contributed by atoms with Crippen molar-refractivity contribution in [1.82, 2.24) is 10.2 Å². The summed E-state index contributed by atoms with van der Waals surface area (Å²) in [5.74, 6) is 0.930. The molecule has 2 unspecified atom stereocenters. The summed E-state index contributed by atoms with van der Waals surface area (Å²) in [6.07, 6.45) is 4.03. The zero-order chi connectivity index (χ0) is 13.7. The van der Waals surface area contributed by atoms with E-state index in [2.05, 4.69) is 55.4 Å². The van der Waals surface area contributed by atoms with Crippen molar-refractivity contribution in [2.24, 2.45) is 5.92 Å². The van der Waals surface area contributed by atoms with E-state index in [1.54, 1.807) is 0 Å². The lowest BCUT2D eigenvalue weighted by atomic mass is 9.90. The molecular formula is C17H28N2. The van der Waals surface area contributed by atoms with Gasteiger partial charge in [-0.25, -0.2) is 0 Å². The normalized spacial score (nSPS) is 23.8. The average molecular weight is 260 g/mol. The van der Waals surface area contributed by atoms with Crippen LogP contribution >= 0.6 is 0 Å². The number of hydrogen-bond acceptors (Lipinski definition) is 2. The van der Waals surface area contributed by atoms with Crippen LogP contribution in [0, 0.1) is 12.8 Å². The van der Waals surface area contributed by atoms with Crippen molar-refractivity contribution in [2.75, 3.05) is 20.1 Å². The second-order valence-corrected chi connectivity index (χ2v) is 6.13. The topological polar surface area (TPSA) is 15.3 Å². The van der Waals surface area contributed by atoms with E-state index in [9.17, 15) is 0 Å². The number of hydrogen-bond donors (Lipinski definition) is 1. The maximum atomic E-state index is 3.67. The Bertz CT molecular complexity index is 371. The zero-order valence-electron chi connectivity index (χ0n) is 12.7. The number of nitrogens with zero attached hydrogens (tertiary/aromatic N) is 1. The molecule has 2 rings (SSSR count). The second-order valence-electron chi connectivity index (χ2n) is 6.13. The van der Waals surface area contributed by atoms with Gasteiger partial charge in [-0.05, 0) is 44.8 Å². The number of rotatable bonds is 5. The van der Waals surface area contributed by atoms with E-state index in [-0.39, 0.29) is 0 Å². The van der Waals surface area contributed by atoms with Gasteiger partial charge in [0.25, 0.3) is 0 Å². The van der Waals surface area contributed by atoms with Gasteiger partial charge in [0.2, 0.25) is 0 Å². The van der Waals surface area contributed by atoms with E-state index in [4.69, 9.17) is 0 Å². The lowest BCUT2D eigenvalue weighted by molar-refractivity contribution is 0.220. The molecule has 1 N–H and O–H groups in total. The van der Waals surface area contributed by atoms with Gasteiger partial charge in [0.05, 0.1) is 0 Å². The van der Waals surface area contributed by atoms with Crippen molar-refractivity contribution in [2.45, 2.75) is 45.7 Å². The first-order chi connectivity index (χ1) is 9.17. The first kappa shape index (κ1) is 14.5. The Morgan fingerprint density at radius 1 is 1.26 bits per heavy atom. The van der Waals surface area contributed by atoms with E-state index >= 15 is 0 Å².